The van der Waals surface area contributed by atoms with Gasteiger partial charge in [-0.15, -0.1) is 0 Å². The van der Waals surface area contributed by atoms with Crippen LogP contribution >= 0.6 is 0 Å². The van der Waals surface area contributed by atoms with Crippen LogP contribution in [0.5, 0.6) is 0 Å². The third-order valence-corrected chi connectivity index (χ3v) is 4.70. The Hall–Kier alpha value is -1.84. The Kier molecular flexibility index (Phi) is 3.27. The third kappa shape index (κ3) is 2.43. The van der Waals surface area contributed by atoms with Crippen LogP contribution in [0.2, 0.25) is 0 Å². The monoisotopic (exact) mass is 286 g/mol. The van der Waals surface area contributed by atoms with Gasteiger partial charge in [0, 0.05) is 18.7 Å². The summed E-state index contributed by atoms with van der Waals surface area (Å²) in [6.45, 7) is 6.37. The Morgan fingerprint density at radius 1 is 1.24 bits per heavy atom. The minimum absolute atomic E-state index is 0.0226. The number of aryl methyl sites for hydroxylation is 2. The van der Waals surface area contributed by atoms with E-state index in [0.717, 1.165) is 29.7 Å². The molecule has 1 aliphatic heterocycles. The zero-order chi connectivity index (χ0) is 15.2. The molecule has 21 heavy (non-hydrogen) atoms. The molecule has 2 fully saturated rings. The molecule has 3 rings (SSSR count). The SMILES string of the molecule is Cc1ccc(C)c(N2CCC(=O)NC(C)(C3CC3)C2=O)c1. The summed E-state index contributed by atoms with van der Waals surface area (Å²) in [5.41, 5.74) is 2.38. The first kappa shape index (κ1) is 14.1. The Balaban J connectivity index is 2.02. The molecule has 0 aromatic heterocycles. The average Bonchev–Trinajstić information content (AvgIpc) is 3.26. The molecule has 1 aromatic carbocycles. The van der Waals surface area contributed by atoms with Crippen molar-refractivity contribution in [2.24, 2.45) is 5.92 Å². The summed E-state index contributed by atoms with van der Waals surface area (Å²) in [6, 6.07) is 6.12. The molecule has 112 valence electrons. The summed E-state index contributed by atoms with van der Waals surface area (Å²) in [7, 11) is 0. The molecule has 0 bridgehead atoms. The molecule has 1 aliphatic carbocycles. The smallest absolute Gasteiger partial charge is 0.252 e. The lowest BCUT2D eigenvalue weighted by molar-refractivity contribution is -0.130. The lowest BCUT2D eigenvalue weighted by Gasteiger charge is -2.33. The highest BCUT2D eigenvalue weighted by Gasteiger charge is 2.51. The summed E-state index contributed by atoms with van der Waals surface area (Å²) in [4.78, 5) is 26.9. The van der Waals surface area contributed by atoms with E-state index in [1.165, 1.54) is 0 Å². The topological polar surface area (TPSA) is 49.4 Å². The maximum Gasteiger partial charge on any atom is 0.252 e. The third-order valence-electron chi connectivity index (χ3n) is 4.70. The zero-order valence-corrected chi connectivity index (χ0v) is 12.9. The number of anilines is 1. The molecule has 1 aromatic rings. The van der Waals surface area contributed by atoms with Crippen LogP contribution in [0.15, 0.2) is 18.2 Å². The van der Waals surface area contributed by atoms with E-state index in [1.54, 1.807) is 4.90 Å². The van der Waals surface area contributed by atoms with Gasteiger partial charge >= 0.3 is 0 Å². The first-order valence-corrected chi connectivity index (χ1v) is 7.62. The van der Waals surface area contributed by atoms with Crippen molar-refractivity contribution >= 4 is 17.5 Å². The molecule has 4 heteroatoms. The first-order valence-electron chi connectivity index (χ1n) is 7.62. The highest BCUT2D eigenvalue weighted by atomic mass is 16.2. The Morgan fingerprint density at radius 2 is 1.95 bits per heavy atom. The largest absolute Gasteiger partial charge is 0.342 e. The second-order valence-electron chi connectivity index (χ2n) is 6.52. The van der Waals surface area contributed by atoms with Gasteiger partial charge in [0.25, 0.3) is 5.91 Å². The zero-order valence-electron chi connectivity index (χ0n) is 12.9. The van der Waals surface area contributed by atoms with Crippen LogP contribution in [0.3, 0.4) is 0 Å². The normalized spacial score (nSPS) is 26.5. The van der Waals surface area contributed by atoms with E-state index in [9.17, 15) is 9.59 Å². The van der Waals surface area contributed by atoms with Crippen LogP contribution in [-0.2, 0) is 9.59 Å². The molecule has 2 aliphatic rings. The van der Waals surface area contributed by atoms with E-state index in [-0.39, 0.29) is 17.7 Å². The minimum Gasteiger partial charge on any atom is -0.342 e. The van der Waals surface area contributed by atoms with Crippen molar-refractivity contribution < 1.29 is 9.59 Å². The fraction of sp³-hybridized carbons (Fsp3) is 0.529. The number of benzene rings is 1. The number of carbonyl (C=O) groups is 2. The fourth-order valence-electron chi connectivity index (χ4n) is 3.18. The lowest BCUT2D eigenvalue weighted by atomic mass is 9.93. The van der Waals surface area contributed by atoms with E-state index in [4.69, 9.17) is 0 Å². The molecule has 0 spiro atoms. The number of rotatable bonds is 2. The van der Waals surface area contributed by atoms with Crippen LogP contribution < -0.4 is 10.2 Å². The van der Waals surface area contributed by atoms with Crippen molar-refractivity contribution in [1.82, 2.24) is 5.32 Å². The molecule has 1 saturated heterocycles. The van der Waals surface area contributed by atoms with Gasteiger partial charge in [-0.05, 0) is 56.7 Å². The van der Waals surface area contributed by atoms with Crippen LogP contribution in [0.1, 0.15) is 37.3 Å². The van der Waals surface area contributed by atoms with Gasteiger partial charge in [0.15, 0.2) is 0 Å². The Bertz CT molecular complexity index is 607. The number of hydrogen-bond acceptors (Lipinski definition) is 2. The van der Waals surface area contributed by atoms with E-state index in [0.29, 0.717) is 13.0 Å². The number of nitrogens with zero attached hydrogens (tertiary/aromatic N) is 1. The first-order chi connectivity index (χ1) is 9.91. The van der Waals surface area contributed by atoms with E-state index in [2.05, 4.69) is 5.32 Å². The Morgan fingerprint density at radius 3 is 2.62 bits per heavy atom. The molecular weight excluding hydrogens is 264 g/mol. The van der Waals surface area contributed by atoms with Crippen molar-refractivity contribution in [2.45, 2.75) is 45.6 Å². The molecule has 1 heterocycles. The number of nitrogens with one attached hydrogen (secondary N) is 1. The van der Waals surface area contributed by atoms with Crippen molar-refractivity contribution in [3.8, 4) is 0 Å². The molecule has 1 atom stereocenters. The molecule has 1 saturated carbocycles. The van der Waals surface area contributed by atoms with Gasteiger partial charge in [-0.25, -0.2) is 0 Å². The Labute approximate surface area is 125 Å². The highest BCUT2D eigenvalue weighted by Crippen LogP contribution is 2.42. The van der Waals surface area contributed by atoms with Gasteiger partial charge in [0.05, 0.1) is 0 Å². The predicted octanol–water partition coefficient (Wildman–Crippen LogP) is 2.33. The van der Waals surface area contributed by atoms with Crippen LogP contribution in [-0.4, -0.2) is 23.9 Å². The second-order valence-corrected chi connectivity index (χ2v) is 6.52. The number of hydrogen-bond donors (Lipinski definition) is 1. The van der Waals surface area contributed by atoms with Gasteiger partial charge < -0.3 is 10.2 Å². The van der Waals surface area contributed by atoms with Crippen molar-refractivity contribution in [3.05, 3.63) is 29.3 Å². The predicted molar refractivity (Wildman–Crippen MR) is 82.2 cm³/mol. The molecular formula is C17H22N2O2. The maximum atomic E-state index is 13.1. The molecule has 2 amide bonds. The molecule has 4 nitrogen and oxygen atoms in total. The van der Waals surface area contributed by atoms with Gasteiger partial charge in [-0.3, -0.25) is 9.59 Å². The van der Waals surface area contributed by atoms with Crippen LogP contribution in [0.4, 0.5) is 5.69 Å². The summed E-state index contributed by atoms with van der Waals surface area (Å²) in [5, 5.41) is 2.97. The van der Waals surface area contributed by atoms with Gasteiger partial charge in [0.1, 0.15) is 5.54 Å². The molecule has 0 radical (unpaired) electrons. The van der Waals surface area contributed by atoms with Gasteiger partial charge in [0.2, 0.25) is 5.91 Å². The van der Waals surface area contributed by atoms with E-state index >= 15 is 0 Å². The van der Waals surface area contributed by atoms with Crippen LogP contribution in [0.25, 0.3) is 0 Å². The summed E-state index contributed by atoms with van der Waals surface area (Å²) in [6.07, 6.45) is 2.40. The molecule has 1 N–H and O–H groups in total. The van der Waals surface area contributed by atoms with Crippen molar-refractivity contribution in [3.63, 3.8) is 0 Å². The van der Waals surface area contributed by atoms with Crippen molar-refractivity contribution in [1.29, 1.82) is 0 Å². The van der Waals surface area contributed by atoms with Crippen LogP contribution in [0, 0.1) is 19.8 Å². The number of amides is 2. The highest BCUT2D eigenvalue weighted by molar-refractivity contribution is 6.04. The summed E-state index contributed by atoms with van der Waals surface area (Å²) >= 11 is 0. The quantitative estimate of drug-likeness (QED) is 0.907. The van der Waals surface area contributed by atoms with Crippen molar-refractivity contribution in [2.75, 3.05) is 11.4 Å². The standard InChI is InChI=1S/C17H22N2O2/c1-11-4-5-12(2)14(10-11)19-9-8-15(20)18-17(3,16(19)21)13-6-7-13/h4-5,10,13H,6-9H2,1-3H3,(H,18,20). The minimum atomic E-state index is -0.746. The summed E-state index contributed by atoms with van der Waals surface area (Å²) < 4.78 is 0. The second kappa shape index (κ2) is 4.86. The van der Waals surface area contributed by atoms with Gasteiger partial charge in [-0.1, -0.05) is 12.1 Å². The number of carbonyl (C=O) groups excluding carboxylic acids is 2. The van der Waals surface area contributed by atoms with E-state index in [1.807, 2.05) is 39.0 Å². The average molecular weight is 286 g/mol. The summed E-state index contributed by atoms with van der Waals surface area (Å²) in [5.74, 6) is 0.287. The fourth-order valence-corrected chi connectivity index (χ4v) is 3.18. The molecule has 1 unspecified atom stereocenters. The van der Waals surface area contributed by atoms with E-state index < -0.39 is 5.54 Å². The maximum absolute atomic E-state index is 13.1. The van der Waals surface area contributed by atoms with Gasteiger partial charge in [-0.2, -0.15) is 0 Å². The lowest BCUT2D eigenvalue weighted by Crippen LogP contribution is -2.57.